The van der Waals surface area contributed by atoms with Gasteiger partial charge in [0.1, 0.15) is 0 Å². The molecule has 410 valence electrons. The fraction of sp³-hybridized carbons (Fsp3) is 0.0909. The lowest BCUT2D eigenvalue weighted by molar-refractivity contribution is 0.371. The van der Waals surface area contributed by atoms with Gasteiger partial charge in [-0.15, -0.1) is 0 Å². The maximum Gasteiger partial charge on any atom is 0.200 e. The molecule has 0 bridgehead atoms. The van der Waals surface area contributed by atoms with Gasteiger partial charge in [-0.25, -0.2) is 110 Å². The topological polar surface area (TPSA) is 0 Å². The molecule has 0 amide bonds. The number of rotatable bonds is 10. The summed E-state index contributed by atoms with van der Waals surface area (Å²) in [6.07, 6.45) is -7.52. The Hall–Kier alpha value is -8.25. The summed E-state index contributed by atoms with van der Waals surface area (Å²) in [4.78, 5) is 0. The Morgan fingerprint density at radius 1 is 0.150 bits per heavy atom. The van der Waals surface area contributed by atoms with Crippen molar-refractivity contribution in [2.45, 2.75) is 32.1 Å². The van der Waals surface area contributed by atoms with Crippen LogP contribution in [-0.2, 0) is 32.1 Å². The summed E-state index contributed by atoms with van der Waals surface area (Å²) in [5.74, 6) is -64.0. The second-order valence-electron chi connectivity index (χ2n) is 18.4. The summed E-state index contributed by atoms with van der Waals surface area (Å²) < 4.78 is 377. The first-order valence-electron chi connectivity index (χ1n) is 22.4. The Labute approximate surface area is 426 Å². The van der Waals surface area contributed by atoms with E-state index >= 15 is 43.9 Å². The zero-order valence-electron chi connectivity index (χ0n) is 38.4. The molecular formula is C55H15F25. The van der Waals surface area contributed by atoms with Gasteiger partial charge in [0.25, 0.3) is 0 Å². The third kappa shape index (κ3) is 7.35. The molecule has 11 rings (SSSR count). The van der Waals surface area contributed by atoms with Gasteiger partial charge in [-0.05, 0) is 112 Å². The van der Waals surface area contributed by atoms with E-state index in [0.717, 1.165) is 30.3 Å². The molecule has 0 atom stereocenters. The van der Waals surface area contributed by atoms with E-state index in [2.05, 4.69) is 0 Å². The second-order valence-corrected chi connectivity index (χ2v) is 18.4. The summed E-state index contributed by atoms with van der Waals surface area (Å²) in [5, 5.41) is -5.11. The van der Waals surface area contributed by atoms with Gasteiger partial charge < -0.3 is 0 Å². The average Bonchev–Trinajstić information content (AvgIpc) is 3.88. The van der Waals surface area contributed by atoms with Gasteiger partial charge in [-0.3, -0.25) is 0 Å². The number of halogens is 25. The number of benzene rings is 10. The first-order valence-corrected chi connectivity index (χ1v) is 22.4. The summed E-state index contributed by atoms with van der Waals surface area (Å²) in [6, 6.07) is 3.72. The lowest BCUT2D eigenvalue weighted by Gasteiger charge is -2.18. The van der Waals surface area contributed by atoms with Gasteiger partial charge in [-0.1, -0.05) is 0 Å². The van der Waals surface area contributed by atoms with Gasteiger partial charge in [-0.2, -0.15) is 0 Å². The highest BCUT2D eigenvalue weighted by molar-refractivity contribution is 6.45. The molecule has 0 heterocycles. The van der Waals surface area contributed by atoms with E-state index in [4.69, 9.17) is 0 Å². The Balaban J connectivity index is 1.36. The Kier molecular flexibility index (Phi) is 12.4. The van der Waals surface area contributed by atoms with Crippen LogP contribution in [-0.4, -0.2) is 0 Å². The Morgan fingerprint density at radius 3 is 0.362 bits per heavy atom. The molecule has 11 aromatic rings. The van der Waals surface area contributed by atoms with Gasteiger partial charge in [0.15, 0.2) is 116 Å². The van der Waals surface area contributed by atoms with Crippen LogP contribution >= 0.6 is 0 Å². The van der Waals surface area contributed by atoms with Crippen LogP contribution in [0, 0.1) is 145 Å². The number of hydrogen-bond donors (Lipinski definition) is 0. The van der Waals surface area contributed by atoms with E-state index in [1.165, 1.54) is 0 Å². The van der Waals surface area contributed by atoms with E-state index in [0.29, 0.717) is 0 Å². The maximum absolute atomic E-state index is 15.7. The molecule has 0 unspecified atom stereocenters. The summed E-state index contributed by atoms with van der Waals surface area (Å²) in [7, 11) is 0. The van der Waals surface area contributed by atoms with Gasteiger partial charge in [0.05, 0.1) is 0 Å². The van der Waals surface area contributed by atoms with Crippen molar-refractivity contribution in [1.29, 1.82) is 0 Å². The molecule has 0 aliphatic heterocycles. The molecule has 0 N–H and O–H groups in total. The highest BCUT2D eigenvalue weighted by atomic mass is 19.2. The van der Waals surface area contributed by atoms with Gasteiger partial charge in [0, 0.05) is 59.9 Å². The molecule has 0 nitrogen and oxygen atoms in total. The molecule has 25 heteroatoms. The summed E-state index contributed by atoms with van der Waals surface area (Å²) in [6.45, 7) is 0. The molecule has 0 saturated carbocycles. The third-order valence-electron chi connectivity index (χ3n) is 14.3. The van der Waals surface area contributed by atoms with Crippen molar-refractivity contribution in [2.75, 3.05) is 0 Å². The maximum atomic E-state index is 15.7. The minimum absolute atomic E-state index is 0.446. The summed E-state index contributed by atoms with van der Waals surface area (Å²) >= 11 is 0. The first kappa shape index (κ1) is 53.7. The molecule has 0 radical (unpaired) electrons. The molecular weight excluding hydrogens is 1140 g/mol. The lowest BCUT2D eigenvalue weighted by Crippen LogP contribution is -2.09. The molecule has 0 saturated heterocycles. The zero-order valence-corrected chi connectivity index (χ0v) is 38.4. The predicted molar refractivity (Wildman–Crippen MR) is 233 cm³/mol. The quantitative estimate of drug-likeness (QED) is 0.0554. The van der Waals surface area contributed by atoms with Crippen LogP contribution in [0.15, 0.2) is 30.3 Å². The fourth-order valence-electron chi connectivity index (χ4n) is 10.6. The van der Waals surface area contributed by atoms with Crippen LogP contribution in [0.2, 0.25) is 0 Å². The average molecular weight is 1150 g/mol. The van der Waals surface area contributed by atoms with Crippen molar-refractivity contribution < 1.29 is 110 Å². The molecule has 11 aromatic carbocycles. The van der Waals surface area contributed by atoms with E-state index in [-0.39, 0.29) is 0 Å². The van der Waals surface area contributed by atoms with E-state index in [1.54, 1.807) is 0 Å². The van der Waals surface area contributed by atoms with E-state index in [1.807, 2.05) is 0 Å². The zero-order chi connectivity index (χ0) is 58.1. The lowest BCUT2D eigenvalue weighted by atomic mass is 9.86. The standard InChI is InChI=1S/C55H15F25/c56-31-21(32(57)42(67)51(76)41(31)66)6-11-1-16-12(7-22-33(58)43(68)52(77)44(69)34(22)59)2-18-14(9-24-37(62)47(72)54(79)48(73)38(24)63)4-20-15(10-25-39(64)49(74)55(80)50(75)40(25)65)5-19-13(3-17(11)27-26(16)28(18)30(20)29(19)27)8-23-35(60)45(70)53(78)46(71)36(23)61/h1-5H,6-10H2. The largest absolute Gasteiger partial charge is 0.203 e. The van der Waals surface area contributed by atoms with Crippen molar-refractivity contribution in [2.24, 2.45) is 0 Å². The molecule has 0 aliphatic carbocycles. The monoisotopic (exact) mass is 1150 g/mol. The van der Waals surface area contributed by atoms with E-state index < -0.39 is 287 Å². The van der Waals surface area contributed by atoms with Crippen LogP contribution in [0.5, 0.6) is 0 Å². The van der Waals surface area contributed by atoms with Gasteiger partial charge >= 0.3 is 0 Å². The molecule has 0 aromatic heterocycles. The predicted octanol–water partition coefficient (Wildman–Crippen LogP) is 17.2. The first-order chi connectivity index (χ1) is 37.6. The SMILES string of the molecule is Fc1c(F)c(F)c(Cc2cc3c(Cc4c(F)c(F)c(F)c(F)c4F)cc4c(Cc5c(F)c(F)c(F)c(F)c5F)cc5c(Cc6c(F)c(F)c(F)c(F)c6F)cc6c(Cc7c(F)c(F)c(F)c(F)c7F)cc2c2c6c5c4c32)c(F)c1F. The third-order valence-corrected chi connectivity index (χ3v) is 14.3. The smallest absolute Gasteiger partial charge is 0.200 e. The molecule has 0 spiro atoms. The molecule has 0 aliphatic rings. The minimum Gasteiger partial charge on any atom is -0.203 e. The van der Waals surface area contributed by atoms with Crippen molar-refractivity contribution >= 4 is 53.9 Å². The molecule has 80 heavy (non-hydrogen) atoms. The molecule has 0 fully saturated rings. The van der Waals surface area contributed by atoms with E-state index in [9.17, 15) is 65.9 Å². The Bertz CT molecular complexity index is 3730. The van der Waals surface area contributed by atoms with Gasteiger partial charge in [0.2, 0.25) is 29.1 Å². The fourth-order valence-corrected chi connectivity index (χ4v) is 10.6. The highest BCUT2D eigenvalue weighted by Crippen LogP contribution is 2.54. The van der Waals surface area contributed by atoms with Crippen molar-refractivity contribution in [3.05, 3.63) is 231 Å². The van der Waals surface area contributed by atoms with Crippen molar-refractivity contribution in [3.8, 4) is 0 Å². The van der Waals surface area contributed by atoms with Crippen molar-refractivity contribution in [1.82, 2.24) is 0 Å². The second kappa shape index (κ2) is 18.4. The van der Waals surface area contributed by atoms with Crippen LogP contribution in [0.25, 0.3) is 53.9 Å². The van der Waals surface area contributed by atoms with Crippen LogP contribution in [0.3, 0.4) is 0 Å². The summed E-state index contributed by atoms with van der Waals surface area (Å²) in [5.41, 5.74) is -11.9. The normalized spacial score (nSPS) is 12.3. The Morgan fingerprint density at radius 2 is 0.250 bits per heavy atom. The highest BCUT2D eigenvalue weighted by Gasteiger charge is 2.36. The minimum atomic E-state index is -2.69. The van der Waals surface area contributed by atoms with Crippen LogP contribution in [0.4, 0.5) is 110 Å². The van der Waals surface area contributed by atoms with Crippen molar-refractivity contribution in [3.63, 3.8) is 0 Å². The van der Waals surface area contributed by atoms with Crippen LogP contribution < -0.4 is 0 Å². The van der Waals surface area contributed by atoms with Crippen LogP contribution in [0.1, 0.15) is 55.6 Å². The number of hydrogen-bond acceptors (Lipinski definition) is 0.